The molecule has 1 aromatic rings. The van der Waals surface area contributed by atoms with Gasteiger partial charge in [0.2, 0.25) is 0 Å². The predicted molar refractivity (Wildman–Crippen MR) is 58.9 cm³/mol. The van der Waals surface area contributed by atoms with Crippen molar-refractivity contribution in [3.05, 3.63) is 29.3 Å². The first-order valence-corrected chi connectivity index (χ1v) is 5.16. The van der Waals surface area contributed by atoms with Crippen LogP contribution in [0.25, 0.3) is 0 Å². The lowest BCUT2D eigenvalue weighted by Gasteiger charge is -2.10. The van der Waals surface area contributed by atoms with Crippen molar-refractivity contribution in [2.45, 2.75) is 26.6 Å². The van der Waals surface area contributed by atoms with Crippen LogP contribution in [-0.4, -0.2) is 18.8 Å². The van der Waals surface area contributed by atoms with Gasteiger partial charge in [-0.15, -0.1) is 0 Å². The summed E-state index contributed by atoms with van der Waals surface area (Å²) in [6, 6.07) is 5.62. The molecule has 0 unspecified atom stereocenters. The molecular formula is C12H18O3. The molecule has 1 aromatic carbocycles. The van der Waals surface area contributed by atoms with Crippen LogP contribution in [0.1, 0.15) is 24.5 Å². The van der Waals surface area contributed by atoms with E-state index < -0.39 is 0 Å². The van der Waals surface area contributed by atoms with Crippen molar-refractivity contribution in [1.29, 1.82) is 0 Å². The zero-order valence-corrected chi connectivity index (χ0v) is 9.32. The molecule has 0 aromatic heterocycles. The zero-order valence-electron chi connectivity index (χ0n) is 9.32. The Balaban J connectivity index is 2.72. The first kappa shape index (κ1) is 12.0. The molecule has 0 saturated heterocycles. The molecule has 1 rings (SSSR count). The Morgan fingerprint density at radius 2 is 2.13 bits per heavy atom. The first-order valence-electron chi connectivity index (χ1n) is 5.16. The molecule has 0 amide bonds. The monoisotopic (exact) mass is 210 g/mol. The summed E-state index contributed by atoms with van der Waals surface area (Å²) in [5.74, 6) is 0.809. The van der Waals surface area contributed by atoms with E-state index in [1.165, 1.54) is 0 Å². The number of rotatable bonds is 6. The zero-order chi connectivity index (χ0) is 11.1. The maximum atomic E-state index is 9.02. The molecule has 0 bridgehead atoms. The largest absolute Gasteiger partial charge is 0.496 e. The van der Waals surface area contributed by atoms with Crippen LogP contribution in [0.3, 0.4) is 0 Å². The molecule has 0 saturated carbocycles. The fraction of sp³-hybridized carbons (Fsp3) is 0.500. The van der Waals surface area contributed by atoms with Crippen LogP contribution in [0.2, 0.25) is 0 Å². The molecule has 15 heavy (non-hydrogen) atoms. The summed E-state index contributed by atoms with van der Waals surface area (Å²) in [5, 5.41) is 9.02. The van der Waals surface area contributed by atoms with Gasteiger partial charge in [0.1, 0.15) is 5.75 Å². The standard InChI is InChI=1S/C12H18O3/c1-3-6-15-9-11-7-10(8-13)4-5-12(11)14-2/h4-5,7,13H,3,6,8-9H2,1-2H3. The predicted octanol–water partition coefficient (Wildman–Crippen LogP) is 2.11. The lowest BCUT2D eigenvalue weighted by Crippen LogP contribution is -1.98. The molecular weight excluding hydrogens is 192 g/mol. The van der Waals surface area contributed by atoms with Crippen LogP contribution >= 0.6 is 0 Å². The molecule has 84 valence electrons. The van der Waals surface area contributed by atoms with Crippen molar-refractivity contribution in [2.75, 3.05) is 13.7 Å². The summed E-state index contributed by atoms with van der Waals surface area (Å²) in [6.07, 6.45) is 1.00. The van der Waals surface area contributed by atoms with Gasteiger partial charge in [0.25, 0.3) is 0 Å². The van der Waals surface area contributed by atoms with Crippen molar-refractivity contribution in [3.8, 4) is 5.75 Å². The highest BCUT2D eigenvalue weighted by molar-refractivity contribution is 5.36. The lowest BCUT2D eigenvalue weighted by atomic mass is 10.1. The molecule has 0 radical (unpaired) electrons. The second-order valence-electron chi connectivity index (χ2n) is 3.36. The van der Waals surface area contributed by atoms with E-state index in [1.807, 2.05) is 18.2 Å². The second kappa shape index (κ2) is 6.43. The summed E-state index contributed by atoms with van der Waals surface area (Å²) >= 11 is 0. The van der Waals surface area contributed by atoms with Crippen molar-refractivity contribution < 1.29 is 14.6 Å². The van der Waals surface area contributed by atoms with Gasteiger partial charge in [-0.05, 0) is 24.1 Å². The van der Waals surface area contributed by atoms with Crippen LogP contribution in [0.4, 0.5) is 0 Å². The van der Waals surface area contributed by atoms with Crippen LogP contribution < -0.4 is 4.74 Å². The number of benzene rings is 1. The summed E-state index contributed by atoms with van der Waals surface area (Å²) in [7, 11) is 1.64. The first-order chi connectivity index (χ1) is 7.31. The van der Waals surface area contributed by atoms with Crippen molar-refractivity contribution in [3.63, 3.8) is 0 Å². The van der Waals surface area contributed by atoms with Crippen LogP contribution in [-0.2, 0) is 18.0 Å². The van der Waals surface area contributed by atoms with E-state index >= 15 is 0 Å². The van der Waals surface area contributed by atoms with Gasteiger partial charge in [0, 0.05) is 12.2 Å². The summed E-state index contributed by atoms with van der Waals surface area (Å²) in [6.45, 7) is 3.39. The smallest absolute Gasteiger partial charge is 0.124 e. The van der Waals surface area contributed by atoms with E-state index in [0.29, 0.717) is 6.61 Å². The average molecular weight is 210 g/mol. The van der Waals surface area contributed by atoms with Gasteiger partial charge in [-0.2, -0.15) is 0 Å². The molecule has 0 aliphatic carbocycles. The number of methoxy groups -OCH3 is 1. The lowest BCUT2D eigenvalue weighted by molar-refractivity contribution is 0.119. The Morgan fingerprint density at radius 3 is 2.73 bits per heavy atom. The highest BCUT2D eigenvalue weighted by Gasteiger charge is 2.04. The van der Waals surface area contributed by atoms with Crippen LogP contribution in [0, 0.1) is 0 Å². The van der Waals surface area contributed by atoms with Crippen LogP contribution in [0.5, 0.6) is 5.75 Å². The minimum atomic E-state index is 0.0464. The average Bonchev–Trinajstić information content (AvgIpc) is 2.29. The fourth-order valence-corrected chi connectivity index (χ4v) is 1.37. The fourth-order valence-electron chi connectivity index (χ4n) is 1.37. The minimum Gasteiger partial charge on any atom is -0.496 e. The Morgan fingerprint density at radius 1 is 1.33 bits per heavy atom. The number of aliphatic hydroxyl groups excluding tert-OH is 1. The van der Waals surface area contributed by atoms with E-state index in [-0.39, 0.29) is 6.61 Å². The third-order valence-corrected chi connectivity index (χ3v) is 2.13. The third kappa shape index (κ3) is 3.53. The number of hydrogen-bond donors (Lipinski definition) is 1. The van der Waals surface area contributed by atoms with E-state index in [4.69, 9.17) is 14.6 Å². The Bertz CT molecular complexity index is 297. The maximum Gasteiger partial charge on any atom is 0.124 e. The highest BCUT2D eigenvalue weighted by atomic mass is 16.5. The molecule has 0 aliphatic rings. The molecule has 0 atom stereocenters. The van der Waals surface area contributed by atoms with Crippen LogP contribution in [0.15, 0.2) is 18.2 Å². The molecule has 3 heteroatoms. The van der Waals surface area contributed by atoms with E-state index in [9.17, 15) is 0 Å². The SMILES string of the molecule is CCCOCc1cc(CO)ccc1OC. The number of aliphatic hydroxyl groups is 1. The summed E-state index contributed by atoms with van der Waals surface area (Å²) in [4.78, 5) is 0. The third-order valence-electron chi connectivity index (χ3n) is 2.13. The molecule has 0 spiro atoms. The Labute approximate surface area is 90.6 Å². The number of hydrogen-bond acceptors (Lipinski definition) is 3. The van der Waals surface area contributed by atoms with Gasteiger partial charge >= 0.3 is 0 Å². The van der Waals surface area contributed by atoms with Gasteiger partial charge in [-0.3, -0.25) is 0 Å². The normalized spacial score (nSPS) is 10.3. The van der Waals surface area contributed by atoms with Gasteiger partial charge in [-0.1, -0.05) is 13.0 Å². The molecule has 1 N–H and O–H groups in total. The number of ether oxygens (including phenoxy) is 2. The van der Waals surface area contributed by atoms with Gasteiger partial charge in [-0.25, -0.2) is 0 Å². The Kier molecular flexibility index (Phi) is 5.15. The van der Waals surface area contributed by atoms with E-state index in [1.54, 1.807) is 7.11 Å². The highest BCUT2D eigenvalue weighted by Crippen LogP contribution is 2.20. The topological polar surface area (TPSA) is 38.7 Å². The van der Waals surface area contributed by atoms with Gasteiger partial charge in [0.15, 0.2) is 0 Å². The van der Waals surface area contributed by atoms with Crippen molar-refractivity contribution in [2.24, 2.45) is 0 Å². The summed E-state index contributed by atoms with van der Waals surface area (Å²) < 4.78 is 10.7. The van der Waals surface area contributed by atoms with E-state index in [0.717, 1.165) is 29.9 Å². The van der Waals surface area contributed by atoms with Gasteiger partial charge in [0.05, 0.1) is 20.3 Å². The summed E-state index contributed by atoms with van der Waals surface area (Å²) in [5.41, 5.74) is 1.86. The minimum absolute atomic E-state index is 0.0464. The van der Waals surface area contributed by atoms with Crippen molar-refractivity contribution >= 4 is 0 Å². The molecule has 0 fully saturated rings. The van der Waals surface area contributed by atoms with E-state index in [2.05, 4.69) is 6.92 Å². The molecule has 0 aliphatic heterocycles. The maximum absolute atomic E-state index is 9.02. The Hall–Kier alpha value is -1.06. The van der Waals surface area contributed by atoms with Crippen molar-refractivity contribution in [1.82, 2.24) is 0 Å². The molecule has 0 heterocycles. The molecule has 3 nitrogen and oxygen atoms in total. The van der Waals surface area contributed by atoms with Gasteiger partial charge < -0.3 is 14.6 Å². The quantitative estimate of drug-likeness (QED) is 0.731. The second-order valence-corrected chi connectivity index (χ2v) is 3.36.